The fraction of sp³-hybridized carbons (Fsp3) is 1.00. The molecule has 0 aromatic rings. The van der Waals surface area contributed by atoms with Crippen LogP contribution >= 0.6 is 0 Å². The van der Waals surface area contributed by atoms with Gasteiger partial charge in [-0.05, 0) is 50.6 Å². The molecule has 0 aromatic carbocycles. The van der Waals surface area contributed by atoms with Crippen molar-refractivity contribution in [1.29, 1.82) is 0 Å². The van der Waals surface area contributed by atoms with Crippen LogP contribution in [-0.2, 0) is 10.0 Å². The second-order valence-electron chi connectivity index (χ2n) is 6.75. The molecule has 1 rings (SSSR count). The van der Waals surface area contributed by atoms with Crippen LogP contribution in [0.25, 0.3) is 0 Å². The smallest absolute Gasteiger partial charge is 0.211 e. The fourth-order valence-corrected chi connectivity index (χ4v) is 4.53. The molecule has 0 aliphatic carbocycles. The second kappa shape index (κ2) is 8.35. The number of likely N-dealkylation sites (tertiary alicyclic amines) is 1. The molecule has 20 heavy (non-hydrogen) atoms. The Balaban J connectivity index is 2.29. The Bertz CT molecular complexity index is 360. The summed E-state index contributed by atoms with van der Waals surface area (Å²) in [6, 6.07) is 0.142. The molecule has 1 unspecified atom stereocenters. The molecule has 0 bridgehead atoms. The Hall–Kier alpha value is -0.130. The van der Waals surface area contributed by atoms with Crippen molar-refractivity contribution in [3.63, 3.8) is 0 Å². The van der Waals surface area contributed by atoms with Gasteiger partial charge < -0.3 is 4.90 Å². The van der Waals surface area contributed by atoms with E-state index >= 15 is 0 Å². The Morgan fingerprint density at radius 1 is 1.20 bits per heavy atom. The van der Waals surface area contributed by atoms with Gasteiger partial charge in [0.25, 0.3) is 0 Å². The molecule has 1 atom stereocenters. The van der Waals surface area contributed by atoms with Crippen LogP contribution in [0.3, 0.4) is 0 Å². The van der Waals surface area contributed by atoms with Crippen LogP contribution in [0.15, 0.2) is 0 Å². The predicted molar refractivity (Wildman–Crippen MR) is 85.3 cm³/mol. The Morgan fingerprint density at radius 2 is 1.80 bits per heavy atom. The average molecular weight is 305 g/mol. The van der Waals surface area contributed by atoms with E-state index in [1.807, 2.05) is 6.92 Å². The first kappa shape index (κ1) is 17.9. The standard InChI is InChI=1S/C15H32N2O2S/c1-5-10-20(18,19)16-15-6-8-17(9-7-15)12-14(4)11-13(2)3/h13-16H,5-12H2,1-4H3. The van der Waals surface area contributed by atoms with Gasteiger partial charge in [0.2, 0.25) is 10.0 Å². The van der Waals surface area contributed by atoms with Crippen molar-refractivity contribution in [3.8, 4) is 0 Å². The molecule has 1 fully saturated rings. The van der Waals surface area contributed by atoms with Crippen LogP contribution in [0.5, 0.6) is 0 Å². The lowest BCUT2D eigenvalue weighted by Crippen LogP contribution is -2.46. The van der Waals surface area contributed by atoms with Crippen molar-refractivity contribution in [3.05, 3.63) is 0 Å². The quantitative estimate of drug-likeness (QED) is 0.749. The molecule has 1 aliphatic heterocycles. The van der Waals surface area contributed by atoms with Crippen molar-refractivity contribution in [2.24, 2.45) is 11.8 Å². The molecule has 1 saturated heterocycles. The van der Waals surface area contributed by atoms with E-state index in [2.05, 4.69) is 30.4 Å². The fourth-order valence-electron chi connectivity index (χ4n) is 3.14. The summed E-state index contributed by atoms with van der Waals surface area (Å²) in [6.45, 7) is 11.9. The summed E-state index contributed by atoms with van der Waals surface area (Å²) in [7, 11) is -3.06. The van der Waals surface area contributed by atoms with E-state index in [4.69, 9.17) is 0 Å². The van der Waals surface area contributed by atoms with E-state index in [9.17, 15) is 8.42 Å². The zero-order valence-electron chi connectivity index (χ0n) is 13.6. The first-order chi connectivity index (χ1) is 9.32. The monoisotopic (exact) mass is 304 g/mol. The maximum atomic E-state index is 11.8. The number of piperidine rings is 1. The minimum absolute atomic E-state index is 0.142. The van der Waals surface area contributed by atoms with Gasteiger partial charge in [0.05, 0.1) is 5.75 Å². The zero-order valence-corrected chi connectivity index (χ0v) is 14.4. The van der Waals surface area contributed by atoms with Gasteiger partial charge in [-0.15, -0.1) is 0 Å². The summed E-state index contributed by atoms with van der Waals surface area (Å²) >= 11 is 0. The first-order valence-corrected chi connectivity index (χ1v) is 9.70. The second-order valence-corrected chi connectivity index (χ2v) is 8.62. The molecule has 1 N–H and O–H groups in total. The van der Waals surface area contributed by atoms with E-state index in [0.29, 0.717) is 6.42 Å². The Labute approximate surface area is 125 Å². The summed E-state index contributed by atoms with van der Waals surface area (Å²) < 4.78 is 26.4. The Kier molecular flexibility index (Phi) is 7.48. The van der Waals surface area contributed by atoms with E-state index in [1.165, 1.54) is 6.42 Å². The molecule has 0 aromatic heterocycles. The highest BCUT2D eigenvalue weighted by molar-refractivity contribution is 7.89. The lowest BCUT2D eigenvalue weighted by Gasteiger charge is -2.34. The molecule has 0 radical (unpaired) electrons. The molecule has 5 heteroatoms. The normalized spacial score (nSPS) is 20.4. The predicted octanol–water partition coefficient (Wildman–Crippen LogP) is 2.46. The van der Waals surface area contributed by atoms with Crippen LogP contribution < -0.4 is 4.72 Å². The van der Waals surface area contributed by atoms with Gasteiger partial charge in [-0.3, -0.25) is 0 Å². The maximum absolute atomic E-state index is 11.8. The molecule has 0 spiro atoms. The summed E-state index contributed by atoms with van der Waals surface area (Å²) in [5.41, 5.74) is 0. The summed E-state index contributed by atoms with van der Waals surface area (Å²) in [5.74, 6) is 1.73. The van der Waals surface area contributed by atoms with Gasteiger partial charge in [-0.25, -0.2) is 13.1 Å². The molecule has 4 nitrogen and oxygen atoms in total. The van der Waals surface area contributed by atoms with Gasteiger partial charge in [-0.1, -0.05) is 27.7 Å². The van der Waals surface area contributed by atoms with E-state index in [1.54, 1.807) is 0 Å². The summed E-state index contributed by atoms with van der Waals surface area (Å²) in [4.78, 5) is 2.48. The van der Waals surface area contributed by atoms with Gasteiger partial charge in [0.1, 0.15) is 0 Å². The largest absolute Gasteiger partial charge is 0.303 e. The average Bonchev–Trinajstić information content (AvgIpc) is 2.30. The number of hydrogen-bond donors (Lipinski definition) is 1. The highest BCUT2D eigenvalue weighted by Crippen LogP contribution is 2.17. The van der Waals surface area contributed by atoms with Gasteiger partial charge in [-0.2, -0.15) is 0 Å². The zero-order chi connectivity index (χ0) is 15.2. The van der Waals surface area contributed by atoms with Gasteiger partial charge >= 0.3 is 0 Å². The molecular formula is C15H32N2O2S. The summed E-state index contributed by atoms with van der Waals surface area (Å²) in [6.07, 6.45) is 3.83. The van der Waals surface area contributed by atoms with Crippen LogP contribution in [0.4, 0.5) is 0 Å². The van der Waals surface area contributed by atoms with Crippen LogP contribution in [0.2, 0.25) is 0 Å². The summed E-state index contributed by atoms with van der Waals surface area (Å²) in [5, 5.41) is 0. The lowest BCUT2D eigenvalue weighted by atomic mass is 9.97. The first-order valence-electron chi connectivity index (χ1n) is 8.04. The maximum Gasteiger partial charge on any atom is 0.211 e. The van der Waals surface area contributed by atoms with E-state index in [0.717, 1.165) is 44.3 Å². The van der Waals surface area contributed by atoms with Crippen molar-refractivity contribution < 1.29 is 8.42 Å². The van der Waals surface area contributed by atoms with E-state index in [-0.39, 0.29) is 11.8 Å². The van der Waals surface area contributed by atoms with Crippen molar-refractivity contribution >= 4 is 10.0 Å². The molecule has 1 aliphatic rings. The van der Waals surface area contributed by atoms with Crippen molar-refractivity contribution in [2.75, 3.05) is 25.4 Å². The van der Waals surface area contributed by atoms with Crippen LogP contribution in [0, 0.1) is 11.8 Å². The van der Waals surface area contributed by atoms with Crippen molar-refractivity contribution in [2.45, 2.75) is 59.4 Å². The van der Waals surface area contributed by atoms with Gasteiger partial charge in [0.15, 0.2) is 0 Å². The van der Waals surface area contributed by atoms with Gasteiger partial charge in [0, 0.05) is 12.6 Å². The number of hydrogen-bond acceptors (Lipinski definition) is 3. The molecular weight excluding hydrogens is 272 g/mol. The third-order valence-corrected chi connectivity index (χ3v) is 5.49. The molecule has 1 heterocycles. The molecule has 0 amide bonds. The highest BCUT2D eigenvalue weighted by atomic mass is 32.2. The molecule has 0 saturated carbocycles. The third kappa shape index (κ3) is 7.04. The minimum atomic E-state index is -3.06. The van der Waals surface area contributed by atoms with Crippen LogP contribution in [0.1, 0.15) is 53.4 Å². The minimum Gasteiger partial charge on any atom is -0.303 e. The topological polar surface area (TPSA) is 49.4 Å². The third-order valence-electron chi connectivity index (χ3n) is 3.85. The highest BCUT2D eigenvalue weighted by Gasteiger charge is 2.23. The SMILES string of the molecule is CCCS(=O)(=O)NC1CCN(CC(C)CC(C)C)CC1. The number of rotatable bonds is 8. The number of nitrogens with zero attached hydrogens (tertiary/aromatic N) is 1. The van der Waals surface area contributed by atoms with Crippen LogP contribution in [-0.4, -0.2) is 44.7 Å². The van der Waals surface area contributed by atoms with Crippen molar-refractivity contribution in [1.82, 2.24) is 9.62 Å². The van der Waals surface area contributed by atoms with E-state index < -0.39 is 10.0 Å². The lowest BCUT2D eigenvalue weighted by molar-refractivity contribution is 0.175. The Morgan fingerprint density at radius 3 is 2.30 bits per heavy atom. The number of nitrogens with one attached hydrogen (secondary N) is 1. The number of sulfonamides is 1. The molecule has 120 valence electrons.